The smallest absolute Gasteiger partial charge is 0.308 e. The fourth-order valence-corrected chi connectivity index (χ4v) is 6.67. The van der Waals surface area contributed by atoms with Crippen molar-refractivity contribution in [2.75, 3.05) is 25.0 Å². The van der Waals surface area contributed by atoms with Crippen LogP contribution in [0.25, 0.3) is 0 Å². The van der Waals surface area contributed by atoms with Gasteiger partial charge in [-0.05, 0) is 55.2 Å². The molecule has 2 aromatic rings. The Bertz CT molecular complexity index is 954. The molecule has 0 amide bonds. The van der Waals surface area contributed by atoms with Gasteiger partial charge < -0.3 is 10.1 Å². The van der Waals surface area contributed by atoms with Gasteiger partial charge in [0.2, 0.25) is 0 Å². The van der Waals surface area contributed by atoms with Crippen LogP contribution in [0.15, 0.2) is 40.5 Å². The number of piperidine rings is 1. The number of benzene rings is 1. The number of carbonyl (C=O) groups excluding carboxylic acids is 1. The molecule has 1 aromatic carbocycles. The molecule has 3 unspecified atom stereocenters. The van der Waals surface area contributed by atoms with Gasteiger partial charge in [0, 0.05) is 36.9 Å². The van der Waals surface area contributed by atoms with E-state index < -0.39 is 0 Å². The number of fused-ring (bicyclic) bond motifs is 4. The van der Waals surface area contributed by atoms with Gasteiger partial charge >= 0.3 is 5.97 Å². The van der Waals surface area contributed by atoms with Crippen LogP contribution < -0.4 is 5.32 Å². The number of nitrogens with one attached hydrogen (secondary N) is 1. The zero-order valence-corrected chi connectivity index (χ0v) is 19.0. The molecule has 164 valence electrons. The molecule has 1 saturated carbocycles. The molecule has 5 rings (SSSR count). The third-order valence-electron chi connectivity index (χ3n) is 7.03. The zero-order chi connectivity index (χ0) is 21.4. The average molecular weight is 439 g/mol. The minimum absolute atomic E-state index is 0.00328. The van der Waals surface area contributed by atoms with Crippen LogP contribution >= 0.6 is 11.8 Å². The number of aromatic nitrogens is 2. The summed E-state index contributed by atoms with van der Waals surface area (Å²) in [7, 11) is 0. The van der Waals surface area contributed by atoms with Crippen LogP contribution in [0.2, 0.25) is 0 Å². The fraction of sp³-hybridized carbons (Fsp3) is 0.542. The highest BCUT2D eigenvalue weighted by Crippen LogP contribution is 2.45. The Kier molecular flexibility index (Phi) is 5.89. The van der Waals surface area contributed by atoms with Gasteiger partial charge in [-0.1, -0.05) is 31.2 Å². The van der Waals surface area contributed by atoms with Gasteiger partial charge in [-0.2, -0.15) is 0 Å². The second-order valence-electron chi connectivity index (χ2n) is 9.03. The Morgan fingerprint density at radius 2 is 2.03 bits per heavy atom. The van der Waals surface area contributed by atoms with Crippen LogP contribution in [0.1, 0.15) is 38.7 Å². The normalized spacial score (nSPS) is 25.7. The highest BCUT2D eigenvalue weighted by molar-refractivity contribution is 7.99. The highest BCUT2D eigenvalue weighted by Gasteiger charge is 2.44. The lowest BCUT2D eigenvalue weighted by Crippen LogP contribution is -2.51. The van der Waals surface area contributed by atoms with Crippen molar-refractivity contribution in [2.45, 2.75) is 49.6 Å². The van der Waals surface area contributed by atoms with E-state index in [9.17, 15) is 4.79 Å². The van der Waals surface area contributed by atoms with Gasteiger partial charge in [0.05, 0.1) is 18.2 Å². The van der Waals surface area contributed by atoms with E-state index in [1.165, 1.54) is 29.7 Å². The standard InChI is InChI=1S/C24H30N4O2S/c1-3-30-24(29)15(2)21-17-5-4-6-18(21)14-28(13-17)12-16-7-8-20-19(11-16)27-22-23(31-20)26-10-9-25-22/h7-11,15,17-18,21H,3-6,12-14H2,1-2H3,(H,25,27). The van der Waals surface area contributed by atoms with E-state index in [0.717, 1.165) is 36.2 Å². The summed E-state index contributed by atoms with van der Waals surface area (Å²) in [5.41, 5.74) is 2.43. The Morgan fingerprint density at radius 1 is 1.26 bits per heavy atom. The Labute approximate surface area is 188 Å². The summed E-state index contributed by atoms with van der Waals surface area (Å²) in [5.74, 6) is 2.45. The predicted molar refractivity (Wildman–Crippen MR) is 121 cm³/mol. The molecule has 3 heterocycles. The Balaban J connectivity index is 1.28. The lowest BCUT2D eigenvalue weighted by atomic mass is 9.64. The first-order valence-corrected chi connectivity index (χ1v) is 12.2. The Hall–Kier alpha value is -2.12. The number of anilines is 2. The average Bonchev–Trinajstić information content (AvgIpc) is 2.77. The van der Waals surface area contributed by atoms with Crippen molar-refractivity contribution < 1.29 is 9.53 Å². The summed E-state index contributed by atoms with van der Waals surface area (Å²) in [5, 5.41) is 4.36. The fourth-order valence-electron chi connectivity index (χ4n) is 5.79. The molecule has 0 radical (unpaired) electrons. The molecule has 3 atom stereocenters. The lowest BCUT2D eigenvalue weighted by molar-refractivity contribution is -0.153. The number of hydrogen-bond acceptors (Lipinski definition) is 7. The number of esters is 1. The summed E-state index contributed by atoms with van der Waals surface area (Å²) in [6.45, 7) is 7.53. The molecule has 1 aromatic heterocycles. The molecule has 1 N–H and O–H groups in total. The first-order valence-electron chi connectivity index (χ1n) is 11.4. The van der Waals surface area contributed by atoms with Gasteiger partial charge in [0.25, 0.3) is 0 Å². The number of likely N-dealkylation sites (tertiary alicyclic amines) is 1. The largest absolute Gasteiger partial charge is 0.466 e. The van der Waals surface area contributed by atoms with E-state index >= 15 is 0 Å². The minimum atomic E-state index is -0.0144. The van der Waals surface area contributed by atoms with Crippen molar-refractivity contribution in [1.82, 2.24) is 14.9 Å². The van der Waals surface area contributed by atoms with E-state index in [-0.39, 0.29) is 11.9 Å². The van der Waals surface area contributed by atoms with Crippen molar-refractivity contribution in [2.24, 2.45) is 23.7 Å². The van der Waals surface area contributed by atoms with Crippen molar-refractivity contribution >= 4 is 29.2 Å². The molecule has 1 aliphatic carbocycles. The van der Waals surface area contributed by atoms with Crippen molar-refractivity contribution in [3.05, 3.63) is 36.2 Å². The summed E-state index contributed by atoms with van der Waals surface area (Å²) < 4.78 is 5.35. The second kappa shape index (κ2) is 8.79. The van der Waals surface area contributed by atoms with E-state index in [0.29, 0.717) is 24.4 Å². The highest BCUT2D eigenvalue weighted by atomic mass is 32.2. The molecule has 1 saturated heterocycles. The first kappa shape index (κ1) is 20.8. The maximum Gasteiger partial charge on any atom is 0.308 e. The number of hydrogen-bond donors (Lipinski definition) is 1. The molecular weight excluding hydrogens is 408 g/mol. The molecule has 2 bridgehead atoms. The van der Waals surface area contributed by atoms with Gasteiger partial charge in [0.15, 0.2) is 5.82 Å². The molecule has 2 aliphatic heterocycles. The van der Waals surface area contributed by atoms with Crippen molar-refractivity contribution in [3.63, 3.8) is 0 Å². The number of ether oxygens (including phenoxy) is 1. The first-order chi connectivity index (χ1) is 15.1. The molecule has 3 aliphatic rings. The van der Waals surface area contributed by atoms with Crippen LogP contribution in [-0.2, 0) is 16.1 Å². The second-order valence-corrected chi connectivity index (χ2v) is 10.1. The quantitative estimate of drug-likeness (QED) is 0.578. The topological polar surface area (TPSA) is 67.3 Å². The lowest BCUT2D eigenvalue weighted by Gasteiger charge is -2.49. The number of nitrogens with zero attached hydrogens (tertiary/aromatic N) is 3. The SMILES string of the molecule is CCOC(=O)C(C)C1C2CCCC1CN(Cc1ccc3c(c1)Nc1nccnc1S3)C2. The summed E-state index contributed by atoms with van der Waals surface area (Å²) >= 11 is 1.67. The molecular formula is C24H30N4O2S. The van der Waals surface area contributed by atoms with E-state index in [4.69, 9.17) is 4.74 Å². The van der Waals surface area contributed by atoms with Gasteiger partial charge in [-0.25, -0.2) is 9.97 Å². The van der Waals surface area contributed by atoms with E-state index in [2.05, 4.69) is 45.3 Å². The van der Waals surface area contributed by atoms with Crippen molar-refractivity contribution in [1.29, 1.82) is 0 Å². The third-order valence-corrected chi connectivity index (χ3v) is 8.10. The van der Waals surface area contributed by atoms with Gasteiger partial charge in [0.1, 0.15) is 5.03 Å². The monoisotopic (exact) mass is 438 g/mol. The summed E-state index contributed by atoms with van der Waals surface area (Å²) in [6, 6.07) is 6.68. The van der Waals surface area contributed by atoms with E-state index in [1.807, 2.05) is 6.92 Å². The van der Waals surface area contributed by atoms with E-state index in [1.54, 1.807) is 24.2 Å². The zero-order valence-electron chi connectivity index (χ0n) is 18.2. The molecule has 31 heavy (non-hydrogen) atoms. The Morgan fingerprint density at radius 3 is 2.81 bits per heavy atom. The van der Waals surface area contributed by atoms with Crippen LogP contribution in [0, 0.1) is 23.7 Å². The summed E-state index contributed by atoms with van der Waals surface area (Å²) in [6.07, 6.45) is 7.19. The molecule has 0 spiro atoms. The predicted octanol–water partition coefficient (Wildman–Crippen LogP) is 4.73. The third kappa shape index (κ3) is 4.17. The minimum Gasteiger partial charge on any atom is -0.466 e. The van der Waals surface area contributed by atoms with Gasteiger partial charge in [-0.15, -0.1) is 0 Å². The van der Waals surface area contributed by atoms with Gasteiger partial charge in [-0.3, -0.25) is 9.69 Å². The van der Waals surface area contributed by atoms with Crippen LogP contribution in [-0.4, -0.2) is 40.5 Å². The maximum absolute atomic E-state index is 12.4. The van der Waals surface area contributed by atoms with Crippen LogP contribution in [0.3, 0.4) is 0 Å². The number of carbonyl (C=O) groups is 1. The molecule has 2 fully saturated rings. The molecule has 6 nitrogen and oxygen atoms in total. The summed E-state index contributed by atoms with van der Waals surface area (Å²) in [4.78, 5) is 25.0. The maximum atomic E-state index is 12.4. The van der Waals surface area contributed by atoms with Crippen LogP contribution in [0.5, 0.6) is 0 Å². The molecule has 7 heteroatoms. The van der Waals surface area contributed by atoms with Crippen LogP contribution in [0.4, 0.5) is 11.5 Å². The van der Waals surface area contributed by atoms with Crippen molar-refractivity contribution in [3.8, 4) is 0 Å². The number of rotatable bonds is 5.